The molecule has 0 saturated heterocycles. The molecule has 0 fully saturated rings. The van der Waals surface area contributed by atoms with Crippen molar-refractivity contribution in [3.05, 3.63) is 60.8 Å². The van der Waals surface area contributed by atoms with E-state index in [4.69, 9.17) is 4.74 Å². The Balaban J connectivity index is 2.17. The van der Waals surface area contributed by atoms with E-state index in [-0.39, 0.29) is 0 Å². The lowest BCUT2D eigenvalue weighted by Crippen LogP contribution is -1.92. The van der Waals surface area contributed by atoms with Gasteiger partial charge in [0, 0.05) is 11.8 Å². The number of nitrogens with zero attached hydrogens (tertiary/aromatic N) is 1. The molecular formula is C15H15NO. The monoisotopic (exact) mass is 225 g/mol. The molecule has 2 aromatic rings. The van der Waals surface area contributed by atoms with E-state index in [2.05, 4.69) is 17.6 Å². The predicted octanol–water partition coefficient (Wildman–Crippen LogP) is 3.62. The van der Waals surface area contributed by atoms with E-state index in [0.29, 0.717) is 6.61 Å². The van der Waals surface area contributed by atoms with Crippen molar-refractivity contribution in [1.82, 2.24) is 4.98 Å². The molecular weight excluding hydrogens is 210 g/mol. The average Bonchev–Trinajstić information content (AvgIpc) is 2.38. The highest BCUT2D eigenvalue weighted by Gasteiger charge is 1.99. The fourth-order valence-electron chi connectivity index (χ4n) is 1.52. The number of aromatic nitrogens is 1. The first-order valence-electron chi connectivity index (χ1n) is 5.56. The molecule has 86 valence electrons. The molecule has 0 spiro atoms. The summed E-state index contributed by atoms with van der Waals surface area (Å²) in [6.07, 6.45) is 3.60. The van der Waals surface area contributed by atoms with Gasteiger partial charge in [-0.2, -0.15) is 0 Å². The van der Waals surface area contributed by atoms with E-state index in [1.165, 1.54) is 5.56 Å². The number of aryl methyl sites for hydroxylation is 1. The Morgan fingerprint density at radius 1 is 1.18 bits per heavy atom. The van der Waals surface area contributed by atoms with Crippen molar-refractivity contribution in [2.24, 2.45) is 0 Å². The van der Waals surface area contributed by atoms with E-state index in [9.17, 15) is 0 Å². The fourth-order valence-corrected chi connectivity index (χ4v) is 1.52. The van der Waals surface area contributed by atoms with E-state index >= 15 is 0 Å². The number of hydrogen-bond donors (Lipinski definition) is 0. The maximum Gasteiger partial charge on any atom is 0.119 e. The third kappa shape index (κ3) is 2.94. The van der Waals surface area contributed by atoms with E-state index < -0.39 is 0 Å². The summed E-state index contributed by atoms with van der Waals surface area (Å²) in [5.74, 6) is 0.848. The molecule has 0 saturated carbocycles. The van der Waals surface area contributed by atoms with Crippen molar-refractivity contribution in [3.63, 3.8) is 0 Å². The van der Waals surface area contributed by atoms with Crippen molar-refractivity contribution >= 4 is 0 Å². The van der Waals surface area contributed by atoms with Crippen molar-refractivity contribution in [2.45, 2.75) is 6.92 Å². The first kappa shape index (κ1) is 11.4. The van der Waals surface area contributed by atoms with Gasteiger partial charge < -0.3 is 4.74 Å². The maximum atomic E-state index is 5.43. The molecule has 0 amide bonds. The Morgan fingerprint density at radius 3 is 2.53 bits per heavy atom. The van der Waals surface area contributed by atoms with Crippen LogP contribution >= 0.6 is 0 Å². The highest BCUT2D eigenvalue weighted by Crippen LogP contribution is 2.20. The van der Waals surface area contributed by atoms with Gasteiger partial charge in [-0.05, 0) is 42.8 Å². The van der Waals surface area contributed by atoms with Crippen LogP contribution in [0.1, 0.15) is 5.56 Å². The normalized spacial score (nSPS) is 9.94. The Bertz CT molecular complexity index is 485. The third-order valence-corrected chi connectivity index (χ3v) is 2.43. The zero-order valence-corrected chi connectivity index (χ0v) is 9.89. The van der Waals surface area contributed by atoms with E-state index in [0.717, 1.165) is 17.0 Å². The second kappa shape index (κ2) is 5.30. The summed E-state index contributed by atoms with van der Waals surface area (Å²) in [5.41, 5.74) is 3.24. The number of pyridine rings is 1. The molecule has 0 aliphatic rings. The summed E-state index contributed by atoms with van der Waals surface area (Å²) < 4.78 is 5.43. The van der Waals surface area contributed by atoms with Crippen LogP contribution in [0.4, 0.5) is 0 Å². The maximum absolute atomic E-state index is 5.43. The minimum Gasteiger partial charge on any atom is -0.490 e. The summed E-state index contributed by atoms with van der Waals surface area (Å²) in [4.78, 5) is 4.38. The molecule has 0 aliphatic heterocycles. The molecule has 1 aromatic carbocycles. The van der Waals surface area contributed by atoms with Crippen LogP contribution in [0, 0.1) is 6.92 Å². The highest BCUT2D eigenvalue weighted by molar-refractivity contribution is 5.60. The summed E-state index contributed by atoms with van der Waals surface area (Å²) in [5, 5.41) is 0. The van der Waals surface area contributed by atoms with Crippen LogP contribution in [-0.4, -0.2) is 11.6 Å². The van der Waals surface area contributed by atoms with Gasteiger partial charge in [-0.3, -0.25) is 4.98 Å². The minimum atomic E-state index is 0.530. The van der Waals surface area contributed by atoms with E-state index in [1.807, 2.05) is 43.5 Å². The van der Waals surface area contributed by atoms with Gasteiger partial charge in [0.25, 0.3) is 0 Å². The van der Waals surface area contributed by atoms with Crippen LogP contribution in [0.25, 0.3) is 11.3 Å². The molecule has 17 heavy (non-hydrogen) atoms. The van der Waals surface area contributed by atoms with Crippen LogP contribution in [0.15, 0.2) is 55.3 Å². The van der Waals surface area contributed by atoms with Gasteiger partial charge in [0.15, 0.2) is 0 Å². The van der Waals surface area contributed by atoms with Crippen LogP contribution in [0.3, 0.4) is 0 Å². The SMILES string of the molecule is C=CCOc1ccc(-c2ccc(C)cn2)cc1. The fraction of sp³-hybridized carbons (Fsp3) is 0.133. The van der Waals surface area contributed by atoms with Gasteiger partial charge in [0.2, 0.25) is 0 Å². The van der Waals surface area contributed by atoms with Crippen molar-refractivity contribution in [3.8, 4) is 17.0 Å². The van der Waals surface area contributed by atoms with Crippen LogP contribution in [-0.2, 0) is 0 Å². The van der Waals surface area contributed by atoms with Crippen molar-refractivity contribution in [2.75, 3.05) is 6.61 Å². The largest absolute Gasteiger partial charge is 0.490 e. The lowest BCUT2D eigenvalue weighted by Gasteiger charge is -2.05. The minimum absolute atomic E-state index is 0.530. The van der Waals surface area contributed by atoms with Gasteiger partial charge in [0.05, 0.1) is 5.69 Å². The predicted molar refractivity (Wildman–Crippen MR) is 70.1 cm³/mol. The smallest absolute Gasteiger partial charge is 0.119 e. The quantitative estimate of drug-likeness (QED) is 0.741. The third-order valence-electron chi connectivity index (χ3n) is 2.43. The first-order valence-corrected chi connectivity index (χ1v) is 5.56. The second-order valence-corrected chi connectivity index (χ2v) is 3.84. The molecule has 0 aliphatic carbocycles. The Labute approximate surface area is 102 Å². The van der Waals surface area contributed by atoms with Crippen LogP contribution in [0.5, 0.6) is 5.75 Å². The molecule has 2 nitrogen and oxygen atoms in total. The van der Waals surface area contributed by atoms with E-state index in [1.54, 1.807) is 6.08 Å². The molecule has 0 unspecified atom stereocenters. The van der Waals surface area contributed by atoms with Gasteiger partial charge in [-0.15, -0.1) is 0 Å². The summed E-state index contributed by atoms with van der Waals surface area (Å²) in [7, 11) is 0. The standard InChI is InChI=1S/C15H15NO/c1-3-10-17-14-7-5-13(6-8-14)15-9-4-12(2)11-16-15/h3-9,11H,1,10H2,2H3. The van der Waals surface area contributed by atoms with Gasteiger partial charge in [-0.1, -0.05) is 18.7 Å². The molecule has 0 atom stereocenters. The number of hydrogen-bond acceptors (Lipinski definition) is 2. The zero-order chi connectivity index (χ0) is 12.1. The molecule has 2 rings (SSSR count). The van der Waals surface area contributed by atoms with Crippen LogP contribution in [0.2, 0.25) is 0 Å². The molecule has 1 aromatic heterocycles. The lowest BCUT2D eigenvalue weighted by atomic mass is 10.1. The number of ether oxygens (including phenoxy) is 1. The van der Waals surface area contributed by atoms with Crippen molar-refractivity contribution in [1.29, 1.82) is 0 Å². The molecule has 0 N–H and O–H groups in total. The van der Waals surface area contributed by atoms with Crippen LogP contribution < -0.4 is 4.74 Å². The average molecular weight is 225 g/mol. The van der Waals surface area contributed by atoms with Gasteiger partial charge in [-0.25, -0.2) is 0 Å². The van der Waals surface area contributed by atoms with Crippen molar-refractivity contribution < 1.29 is 4.74 Å². The first-order chi connectivity index (χ1) is 8.29. The molecule has 0 bridgehead atoms. The molecule has 0 radical (unpaired) electrons. The topological polar surface area (TPSA) is 22.1 Å². The highest BCUT2D eigenvalue weighted by atomic mass is 16.5. The zero-order valence-electron chi connectivity index (χ0n) is 9.89. The Hall–Kier alpha value is -2.09. The molecule has 2 heteroatoms. The lowest BCUT2D eigenvalue weighted by molar-refractivity contribution is 0.363. The summed E-state index contributed by atoms with van der Waals surface area (Å²) in [6, 6.07) is 12.0. The molecule has 1 heterocycles. The Kier molecular flexibility index (Phi) is 3.55. The van der Waals surface area contributed by atoms with Gasteiger partial charge >= 0.3 is 0 Å². The summed E-state index contributed by atoms with van der Waals surface area (Å²) in [6.45, 7) is 6.17. The number of benzene rings is 1. The van der Waals surface area contributed by atoms with Gasteiger partial charge in [0.1, 0.15) is 12.4 Å². The second-order valence-electron chi connectivity index (χ2n) is 3.84. The Morgan fingerprint density at radius 2 is 1.94 bits per heavy atom. The summed E-state index contributed by atoms with van der Waals surface area (Å²) >= 11 is 0. The number of rotatable bonds is 4.